The van der Waals surface area contributed by atoms with E-state index in [0.29, 0.717) is 0 Å². The van der Waals surface area contributed by atoms with E-state index in [4.69, 9.17) is 0 Å². The third-order valence-corrected chi connectivity index (χ3v) is 10.9. The Morgan fingerprint density at radius 3 is 1.89 bits per heavy atom. The van der Waals surface area contributed by atoms with Gasteiger partial charge < -0.3 is 4.23 Å². The van der Waals surface area contributed by atoms with Crippen LogP contribution in [-0.4, -0.2) is 27.2 Å². The molecule has 0 rings (SSSR count). The summed E-state index contributed by atoms with van der Waals surface area (Å²) in [6.45, 7) is 25.9. The van der Waals surface area contributed by atoms with E-state index >= 15 is 0 Å². The minimum Gasteiger partial charge on any atom is -0.342 e. The predicted molar refractivity (Wildman–Crippen MR) is 95.7 cm³/mol. The van der Waals surface area contributed by atoms with E-state index in [1.165, 1.54) is 5.57 Å². The van der Waals surface area contributed by atoms with Crippen LogP contribution in [0.3, 0.4) is 0 Å². The zero-order chi connectivity index (χ0) is 15.3. The molecule has 0 amide bonds. The highest BCUT2D eigenvalue weighted by atomic mass is 28.4. The Morgan fingerprint density at radius 2 is 1.53 bits per heavy atom. The van der Waals surface area contributed by atoms with Crippen LogP contribution in [0.1, 0.15) is 19.8 Å². The summed E-state index contributed by atoms with van der Waals surface area (Å²) in [5.41, 5.74) is 2.64. The summed E-state index contributed by atoms with van der Waals surface area (Å²) in [7, 11) is -2.46. The molecule has 0 aromatic rings. The lowest BCUT2D eigenvalue weighted by molar-refractivity contribution is 0.663. The van der Waals surface area contributed by atoms with Crippen LogP contribution in [0, 0.1) is 0 Å². The second kappa shape index (κ2) is 7.41. The minimum absolute atomic E-state index is 1.03. The van der Waals surface area contributed by atoms with Gasteiger partial charge in [-0.05, 0) is 19.8 Å². The second-order valence-corrected chi connectivity index (χ2v) is 17.6. The van der Waals surface area contributed by atoms with E-state index in [1.54, 1.807) is 0 Å². The van der Waals surface area contributed by atoms with Crippen LogP contribution < -0.4 is 0 Å². The number of hydrogen-bond acceptors (Lipinski definition) is 1. The first-order chi connectivity index (χ1) is 8.48. The van der Waals surface area contributed by atoms with Gasteiger partial charge in [-0.2, -0.15) is 0 Å². The average molecular weight is 296 g/mol. The first-order valence-electron chi connectivity index (χ1n) is 7.22. The number of hydrogen-bond donors (Lipinski definition) is 0. The Balaban J connectivity index is 4.65. The molecule has 0 unspecified atom stereocenters. The molecule has 0 aromatic carbocycles. The van der Waals surface area contributed by atoms with Crippen LogP contribution in [0.4, 0.5) is 0 Å². The first kappa shape index (κ1) is 18.6. The Bertz CT molecular complexity index is 329. The van der Waals surface area contributed by atoms with Gasteiger partial charge in [-0.3, -0.25) is 0 Å². The van der Waals surface area contributed by atoms with Crippen LogP contribution in [0.25, 0.3) is 0 Å². The summed E-state index contributed by atoms with van der Waals surface area (Å²) in [5.74, 6) is 0. The highest BCUT2D eigenvalue weighted by Crippen LogP contribution is 2.21. The van der Waals surface area contributed by atoms with Crippen molar-refractivity contribution in [3.8, 4) is 0 Å². The molecule has 3 heteroatoms. The molecule has 0 N–H and O–H groups in total. The maximum Gasteiger partial charge on any atom is 0.112 e. The molecule has 1 nitrogen and oxygen atoms in total. The van der Waals surface area contributed by atoms with Gasteiger partial charge in [-0.15, -0.1) is 0 Å². The molecule has 19 heavy (non-hydrogen) atoms. The normalized spacial score (nSPS) is 13.8. The molecule has 0 atom stereocenters. The maximum atomic E-state index is 3.97. The average Bonchev–Trinajstić information content (AvgIpc) is 2.22. The summed E-state index contributed by atoms with van der Waals surface area (Å²) < 4.78 is 2.83. The molecule has 0 aromatic heterocycles. The lowest BCUT2D eigenvalue weighted by atomic mass is 10.1. The summed E-state index contributed by atoms with van der Waals surface area (Å²) in [6, 6.07) is 0. The summed E-state index contributed by atoms with van der Waals surface area (Å²) in [5, 5.41) is 0. The molecule has 0 fully saturated rings. The van der Waals surface area contributed by atoms with Crippen molar-refractivity contribution in [2.45, 2.75) is 59.0 Å². The molecule has 0 radical (unpaired) electrons. The van der Waals surface area contributed by atoms with Crippen LogP contribution in [0.2, 0.25) is 39.3 Å². The fraction of sp³-hybridized carbons (Fsp3) is 0.625. The fourth-order valence-electron chi connectivity index (χ4n) is 2.40. The fourth-order valence-corrected chi connectivity index (χ4v) is 11.9. The molecule has 0 aliphatic rings. The van der Waals surface area contributed by atoms with E-state index < -0.39 is 16.5 Å². The van der Waals surface area contributed by atoms with Crippen molar-refractivity contribution in [3.05, 3.63) is 36.5 Å². The van der Waals surface area contributed by atoms with E-state index in [1.807, 2.05) is 6.08 Å². The van der Waals surface area contributed by atoms with Crippen LogP contribution in [-0.2, 0) is 0 Å². The highest BCUT2D eigenvalue weighted by Gasteiger charge is 2.33. The molecule has 0 bridgehead atoms. The van der Waals surface area contributed by atoms with Crippen molar-refractivity contribution >= 4 is 16.5 Å². The van der Waals surface area contributed by atoms with E-state index in [0.717, 1.165) is 25.0 Å². The summed E-state index contributed by atoms with van der Waals surface area (Å²) >= 11 is 0. The van der Waals surface area contributed by atoms with Crippen LogP contribution in [0.5, 0.6) is 0 Å². The first-order valence-corrected chi connectivity index (χ1v) is 14.1. The van der Waals surface area contributed by atoms with Crippen molar-refractivity contribution < 1.29 is 0 Å². The van der Waals surface area contributed by atoms with E-state index in [-0.39, 0.29) is 0 Å². The van der Waals surface area contributed by atoms with Crippen molar-refractivity contribution in [2.75, 3.05) is 6.54 Å². The number of allylic oxidation sites excluding steroid dienone is 3. The maximum absolute atomic E-state index is 3.97. The highest BCUT2D eigenvalue weighted by molar-refractivity contribution is 6.89. The Hall–Kier alpha value is -0.386. The van der Waals surface area contributed by atoms with Gasteiger partial charge in [0.15, 0.2) is 0 Å². The minimum atomic E-state index is -1.23. The van der Waals surface area contributed by atoms with E-state index in [9.17, 15) is 0 Å². The van der Waals surface area contributed by atoms with Gasteiger partial charge in [-0.1, -0.05) is 75.7 Å². The lowest BCUT2D eigenvalue weighted by Crippen LogP contribution is -2.59. The lowest BCUT2D eigenvalue weighted by Gasteiger charge is -2.43. The Kier molecular flexibility index (Phi) is 7.26. The Morgan fingerprint density at radius 1 is 1.05 bits per heavy atom. The zero-order valence-electron chi connectivity index (χ0n) is 14.1. The van der Waals surface area contributed by atoms with Crippen LogP contribution >= 0.6 is 0 Å². The molecule has 110 valence electrons. The van der Waals surface area contributed by atoms with Crippen molar-refractivity contribution in [1.29, 1.82) is 0 Å². The monoisotopic (exact) mass is 295 g/mol. The third kappa shape index (κ3) is 7.70. The zero-order valence-corrected chi connectivity index (χ0v) is 16.1. The number of rotatable bonds is 8. The molecule has 0 aliphatic carbocycles. The molecule has 0 saturated heterocycles. The summed E-state index contributed by atoms with van der Waals surface area (Å²) in [4.78, 5) is 0. The SMILES string of the molecule is C=CC(=C)CC/C=C(\C)CN([Si](C)(C)C)[Si](C)(C)C. The molecular weight excluding hydrogens is 262 g/mol. The van der Waals surface area contributed by atoms with Crippen molar-refractivity contribution in [2.24, 2.45) is 0 Å². The van der Waals surface area contributed by atoms with Gasteiger partial charge in [0.05, 0.1) is 0 Å². The smallest absolute Gasteiger partial charge is 0.112 e. The van der Waals surface area contributed by atoms with Gasteiger partial charge in [0.2, 0.25) is 0 Å². The third-order valence-electron chi connectivity index (χ3n) is 3.27. The standard InChI is InChI=1S/C16H33NSi2/c1-10-15(2)12-11-13-16(3)14-17(18(4,5)6)19(7,8)9/h10,13H,1-2,11-12,14H2,3-9H3/b16-13+. The molecule has 0 saturated carbocycles. The van der Waals surface area contributed by atoms with Gasteiger partial charge >= 0.3 is 0 Å². The predicted octanol–water partition coefficient (Wildman–Crippen LogP) is 5.43. The quantitative estimate of drug-likeness (QED) is 0.328. The Labute approximate surface area is 123 Å². The van der Waals surface area contributed by atoms with Crippen molar-refractivity contribution in [3.63, 3.8) is 0 Å². The van der Waals surface area contributed by atoms with E-state index in [2.05, 4.69) is 69.7 Å². The van der Waals surface area contributed by atoms with Gasteiger partial charge in [-0.25, -0.2) is 0 Å². The molecule has 0 heterocycles. The largest absolute Gasteiger partial charge is 0.342 e. The van der Waals surface area contributed by atoms with Gasteiger partial charge in [0.1, 0.15) is 16.5 Å². The number of nitrogens with zero attached hydrogens (tertiary/aromatic N) is 1. The van der Waals surface area contributed by atoms with Crippen LogP contribution in [0.15, 0.2) is 36.5 Å². The molecule has 0 spiro atoms. The summed E-state index contributed by atoms with van der Waals surface area (Å²) in [6.07, 6.45) is 6.35. The topological polar surface area (TPSA) is 3.24 Å². The van der Waals surface area contributed by atoms with Crippen molar-refractivity contribution in [1.82, 2.24) is 4.23 Å². The van der Waals surface area contributed by atoms with Gasteiger partial charge in [0.25, 0.3) is 0 Å². The molecule has 0 aliphatic heterocycles. The van der Waals surface area contributed by atoms with Gasteiger partial charge in [0, 0.05) is 6.54 Å². The molecular formula is C16H33NSi2. The second-order valence-electron chi connectivity index (χ2n) is 7.38.